The first kappa shape index (κ1) is 19.1. The number of nitrogens with two attached hydrogens (primary N) is 1. The van der Waals surface area contributed by atoms with Gasteiger partial charge in [-0.15, -0.1) is 0 Å². The third kappa shape index (κ3) is 3.46. The fourth-order valence-corrected chi connectivity index (χ4v) is 3.66. The minimum Gasteiger partial charge on any atom is -0.435 e. The van der Waals surface area contributed by atoms with E-state index in [0.717, 1.165) is 24.0 Å². The van der Waals surface area contributed by atoms with Crippen molar-refractivity contribution in [3.8, 4) is 0 Å². The molecule has 5 nitrogen and oxygen atoms in total. The number of rotatable bonds is 6. The Hall–Kier alpha value is -2.70. The van der Waals surface area contributed by atoms with Crippen LogP contribution in [0.2, 0.25) is 0 Å². The van der Waals surface area contributed by atoms with Crippen LogP contribution in [0.25, 0.3) is 0 Å². The normalized spacial score (nSPS) is 25.0. The average molecular weight is 375 g/mol. The summed E-state index contributed by atoms with van der Waals surface area (Å²) >= 11 is 0. The van der Waals surface area contributed by atoms with Crippen molar-refractivity contribution in [1.29, 1.82) is 0 Å². The van der Waals surface area contributed by atoms with Gasteiger partial charge in [0.2, 0.25) is 0 Å². The van der Waals surface area contributed by atoms with Crippen LogP contribution in [0.3, 0.4) is 0 Å². The van der Waals surface area contributed by atoms with E-state index in [0.29, 0.717) is 6.42 Å². The maximum Gasteiger partial charge on any atom is 0.387 e. The van der Waals surface area contributed by atoms with Crippen LogP contribution >= 0.6 is 0 Å². The van der Waals surface area contributed by atoms with Gasteiger partial charge in [0.05, 0.1) is 0 Å². The third-order valence-corrected chi connectivity index (χ3v) is 5.00. The van der Waals surface area contributed by atoms with Crippen molar-refractivity contribution >= 4 is 11.9 Å². The quantitative estimate of drug-likeness (QED) is 0.829. The SMILES string of the molecule is CCCc1cccc([C@@]2(C3C=CC(OC(F)F)=CC3)N=C(N)N(C)C2=O)c1. The van der Waals surface area contributed by atoms with Crippen LogP contribution in [0.15, 0.2) is 53.2 Å². The van der Waals surface area contributed by atoms with Crippen molar-refractivity contribution < 1.29 is 18.3 Å². The number of carbonyl (C=O) groups excluding carboxylic acids is 1. The highest BCUT2D eigenvalue weighted by molar-refractivity contribution is 6.07. The fraction of sp³-hybridized carbons (Fsp3) is 0.400. The Labute approximate surface area is 157 Å². The number of carbonyl (C=O) groups is 1. The summed E-state index contributed by atoms with van der Waals surface area (Å²) in [6.07, 6.45) is 6.95. The van der Waals surface area contributed by atoms with E-state index in [4.69, 9.17) is 5.73 Å². The highest BCUT2D eigenvalue weighted by atomic mass is 19.3. The van der Waals surface area contributed by atoms with E-state index in [1.54, 1.807) is 19.2 Å². The van der Waals surface area contributed by atoms with E-state index in [1.807, 2.05) is 24.3 Å². The summed E-state index contributed by atoms with van der Waals surface area (Å²) in [6.45, 7) is -0.795. The van der Waals surface area contributed by atoms with Crippen molar-refractivity contribution in [2.24, 2.45) is 16.6 Å². The molecule has 0 bridgehead atoms. The van der Waals surface area contributed by atoms with Gasteiger partial charge in [-0.1, -0.05) is 43.7 Å². The zero-order valence-corrected chi connectivity index (χ0v) is 15.4. The maximum absolute atomic E-state index is 13.2. The maximum atomic E-state index is 13.2. The second-order valence-electron chi connectivity index (χ2n) is 6.74. The third-order valence-electron chi connectivity index (χ3n) is 5.00. The predicted octanol–water partition coefficient (Wildman–Crippen LogP) is 3.32. The topological polar surface area (TPSA) is 67.9 Å². The molecule has 3 rings (SSSR count). The molecule has 1 unspecified atom stereocenters. The molecule has 1 aromatic rings. The summed E-state index contributed by atoms with van der Waals surface area (Å²) in [5.41, 5.74) is 6.64. The number of guanidine groups is 1. The molecule has 0 aromatic heterocycles. The predicted molar refractivity (Wildman–Crippen MR) is 98.9 cm³/mol. The van der Waals surface area contributed by atoms with Crippen molar-refractivity contribution in [1.82, 2.24) is 4.90 Å². The number of aryl methyl sites for hydroxylation is 1. The summed E-state index contributed by atoms with van der Waals surface area (Å²) in [6, 6.07) is 7.78. The van der Waals surface area contributed by atoms with E-state index in [2.05, 4.69) is 16.7 Å². The van der Waals surface area contributed by atoms with Crippen molar-refractivity contribution in [3.63, 3.8) is 0 Å². The van der Waals surface area contributed by atoms with Crippen LogP contribution in [0.5, 0.6) is 0 Å². The molecule has 27 heavy (non-hydrogen) atoms. The molecule has 2 aliphatic rings. The van der Waals surface area contributed by atoms with E-state index in [-0.39, 0.29) is 23.5 Å². The molecule has 0 radical (unpaired) electrons. The van der Waals surface area contributed by atoms with Crippen LogP contribution in [-0.4, -0.2) is 30.4 Å². The summed E-state index contributed by atoms with van der Waals surface area (Å²) in [5, 5.41) is 0. The zero-order chi connectivity index (χ0) is 19.6. The van der Waals surface area contributed by atoms with Crippen LogP contribution in [0.4, 0.5) is 8.78 Å². The van der Waals surface area contributed by atoms with Crippen LogP contribution in [0.1, 0.15) is 30.9 Å². The summed E-state index contributed by atoms with van der Waals surface area (Å²) < 4.78 is 29.3. The lowest BCUT2D eigenvalue weighted by atomic mass is 9.74. The van der Waals surface area contributed by atoms with Crippen LogP contribution < -0.4 is 5.73 Å². The average Bonchev–Trinajstić information content (AvgIpc) is 2.87. The molecule has 0 fully saturated rings. The number of ether oxygens (including phenoxy) is 1. The van der Waals surface area contributed by atoms with Crippen molar-refractivity contribution in [3.05, 3.63) is 59.4 Å². The first-order valence-corrected chi connectivity index (χ1v) is 8.94. The number of nitrogens with zero attached hydrogens (tertiary/aromatic N) is 2. The molecular formula is C20H23F2N3O2. The van der Waals surface area contributed by atoms with Gasteiger partial charge in [0.25, 0.3) is 5.91 Å². The number of likely N-dealkylation sites (N-methyl/N-ethyl adjacent to an activating group) is 1. The first-order chi connectivity index (χ1) is 12.9. The molecule has 0 saturated carbocycles. The lowest BCUT2D eigenvalue weighted by molar-refractivity contribution is -0.132. The standard InChI is InChI=1S/C20H23F2N3O2/c1-3-5-13-6-4-7-15(12-13)20(17(26)25(2)19(23)24-20)14-8-10-16(11-9-14)27-18(21)22/h4,6-8,10-12,14,18H,3,5,9H2,1-2H3,(H2,23,24)/t14?,20-/m1/s1. The number of amides is 1. The molecule has 1 aliphatic heterocycles. The molecule has 1 amide bonds. The van der Waals surface area contributed by atoms with Crippen LogP contribution in [0, 0.1) is 5.92 Å². The van der Waals surface area contributed by atoms with Gasteiger partial charge in [-0.05, 0) is 36.1 Å². The van der Waals surface area contributed by atoms with E-state index >= 15 is 0 Å². The number of halogens is 2. The Balaban J connectivity index is 2.02. The molecule has 144 valence electrons. The Kier molecular flexibility index (Phi) is 5.30. The molecule has 2 N–H and O–H groups in total. The lowest BCUT2D eigenvalue weighted by Crippen LogP contribution is -2.44. The van der Waals surface area contributed by atoms with Gasteiger partial charge >= 0.3 is 6.61 Å². The number of benzene rings is 1. The van der Waals surface area contributed by atoms with Crippen molar-refractivity contribution in [2.45, 2.75) is 38.3 Å². The summed E-state index contributed by atoms with van der Waals surface area (Å²) in [4.78, 5) is 19.1. The molecule has 1 aromatic carbocycles. The number of hydrogen-bond acceptors (Lipinski definition) is 4. The monoisotopic (exact) mass is 375 g/mol. The molecule has 0 saturated heterocycles. The second-order valence-corrected chi connectivity index (χ2v) is 6.74. The number of hydrogen-bond donors (Lipinski definition) is 1. The van der Waals surface area contributed by atoms with Gasteiger partial charge in [0.1, 0.15) is 5.76 Å². The molecule has 0 spiro atoms. The summed E-state index contributed by atoms with van der Waals surface area (Å²) in [7, 11) is 1.59. The smallest absolute Gasteiger partial charge is 0.387 e. The Morgan fingerprint density at radius 3 is 2.78 bits per heavy atom. The number of allylic oxidation sites excluding steroid dienone is 2. The summed E-state index contributed by atoms with van der Waals surface area (Å²) in [5.74, 6) is -0.342. The Bertz CT molecular complexity index is 819. The van der Waals surface area contributed by atoms with Crippen molar-refractivity contribution in [2.75, 3.05) is 7.05 Å². The van der Waals surface area contributed by atoms with Crippen LogP contribution in [-0.2, 0) is 21.5 Å². The molecule has 1 heterocycles. The van der Waals surface area contributed by atoms with E-state index in [9.17, 15) is 13.6 Å². The minimum absolute atomic E-state index is 0.0897. The zero-order valence-electron chi connectivity index (χ0n) is 15.4. The minimum atomic E-state index is -2.88. The van der Waals surface area contributed by atoms with Gasteiger partial charge in [0, 0.05) is 13.0 Å². The first-order valence-electron chi connectivity index (χ1n) is 8.94. The molecule has 1 aliphatic carbocycles. The molecule has 2 atom stereocenters. The lowest BCUT2D eigenvalue weighted by Gasteiger charge is -2.33. The molecule has 7 heteroatoms. The largest absolute Gasteiger partial charge is 0.435 e. The van der Waals surface area contributed by atoms with Gasteiger partial charge < -0.3 is 10.5 Å². The highest BCUT2D eigenvalue weighted by Gasteiger charge is 2.52. The fourth-order valence-electron chi connectivity index (χ4n) is 3.66. The second kappa shape index (κ2) is 7.50. The van der Waals surface area contributed by atoms with Gasteiger partial charge in [-0.25, -0.2) is 4.99 Å². The Morgan fingerprint density at radius 1 is 1.44 bits per heavy atom. The van der Waals surface area contributed by atoms with Gasteiger partial charge in [0.15, 0.2) is 11.5 Å². The number of alkyl halides is 2. The molecular weight excluding hydrogens is 352 g/mol. The van der Waals surface area contributed by atoms with E-state index in [1.165, 1.54) is 11.0 Å². The highest BCUT2D eigenvalue weighted by Crippen LogP contribution is 2.43. The van der Waals surface area contributed by atoms with E-state index < -0.39 is 12.2 Å². The van der Waals surface area contributed by atoms with Gasteiger partial charge in [-0.2, -0.15) is 8.78 Å². The van der Waals surface area contributed by atoms with Gasteiger partial charge in [-0.3, -0.25) is 9.69 Å². The Morgan fingerprint density at radius 2 is 2.22 bits per heavy atom. The number of aliphatic imine (C=N–C) groups is 1.